The Morgan fingerprint density at radius 2 is 1.71 bits per heavy atom. The molecule has 2 aromatic carbocycles. The Morgan fingerprint density at radius 3 is 2.40 bits per heavy atom. The van der Waals surface area contributed by atoms with Crippen LogP contribution in [0, 0.1) is 11.3 Å². The number of aliphatic hydroxyl groups is 1. The Kier molecular flexibility index (Phi) is 7.71. The van der Waals surface area contributed by atoms with Gasteiger partial charge in [-0.2, -0.15) is 0 Å². The summed E-state index contributed by atoms with van der Waals surface area (Å²) in [5.74, 6) is -0.911. The number of benzene rings is 2. The van der Waals surface area contributed by atoms with E-state index in [2.05, 4.69) is 4.98 Å². The number of allylic oxidation sites excluding steroid dienone is 2. The van der Waals surface area contributed by atoms with Crippen LogP contribution in [0.15, 0.2) is 85.0 Å². The van der Waals surface area contributed by atoms with Crippen molar-refractivity contribution in [2.24, 2.45) is 18.4 Å². The van der Waals surface area contributed by atoms with E-state index < -0.39 is 46.5 Å². The number of anilines is 1. The summed E-state index contributed by atoms with van der Waals surface area (Å²) in [6.45, 7) is 1.29. The third-order valence-corrected chi connectivity index (χ3v) is 11.0. The van der Waals surface area contributed by atoms with Gasteiger partial charge in [0.25, 0.3) is 5.56 Å². The maximum Gasteiger partial charge on any atom is 0.347 e. The summed E-state index contributed by atoms with van der Waals surface area (Å²) >= 11 is 0. The van der Waals surface area contributed by atoms with Gasteiger partial charge in [0.1, 0.15) is 23.8 Å². The molecule has 52 heavy (non-hydrogen) atoms. The van der Waals surface area contributed by atoms with E-state index in [9.17, 15) is 29.1 Å². The van der Waals surface area contributed by atoms with Crippen molar-refractivity contribution in [1.29, 1.82) is 0 Å². The molecule has 0 bridgehead atoms. The smallest absolute Gasteiger partial charge is 0.347 e. The van der Waals surface area contributed by atoms with Crippen molar-refractivity contribution in [1.82, 2.24) is 23.5 Å². The monoisotopic (exact) mass is 708 g/mol. The second-order valence-corrected chi connectivity index (χ2v) is 13.5. The lowest BCUT2D eigenvalue weighted by molar-refractivity contribution is -0.129. The number of hydrogen-bond acceptors (Lipinski definition) is 10. The van der Waals surface area contributed by atoms with Gasteiger partial charge in [0.15, 0.2) is 11.5 Å². The van der Waals surface area contributed by atoms with Gasteiger partial charge in [-0.1, -0.05) is 24.3 Å². The quantitative estimate of drug-likeness (QED) is 0.186. The summed E-state index contributed by atoms with van der Waals surface area (Å²) < 4.78 is 22.0. The van der Waals surface area contributed by atoms with Crippen LogP contribution in [-0.2, 0) is 42.8 Å². The number of aryl methyl sites for hydroxylation is 2. The van der Waals surface area contributed by atoms with E-state index in [1.165, 1.54) is 33.1 Å². The van der Waals surface area contributed by atoms with Crippen molar-refractivity contribution < 1.29 is 28.6 Å². The molecule has 1 saturated heterocycles. The van der Waals surface area contributed by atoms with Crippen LogP contribution in [0.2, 0.25) is 0 Å². The maximum atomic E-state index is 14.4. The molecule has 1 N–H and O–H groups in total. The SMILES string of the molecule is COc1cc2nc(CCn3c(=O)n4n(c3=O)C3CC5C(=O)N(c6ccccc6)C(=O)C5(C)C(c5ccc(CO)o5)C3=CC4)c(=O)n(C)c2cc1OC. The number of fused-ring (bicyclic) bond motifs is 5. The lowest BCUT2D eigenvalue weighted by atomic mass is 9.58. The van der Waals surface area contributed by atoms with Crippen LogP contribution in [-0.4, -0.2) is 54.6 Å². The summed E-state index contributed by atoms with van der Waals surface area (Å²) in [4.78, 5) is 75.9. The first kappa shape index (κ1) is 33.2. The van der Waals surface area contributed by atoms with Crippen LogP contribution in [0.3, 0.4) is 0 Å². The largest absolute Gasteiger partial charge is 0.493 e. The Hall–Kier alpha value is -5.96. The Bertz CT molecular complexity index is 2500. The van der Waals surface area contributed by atoms with Crippen molar-refractivity contribution in [2.75, 3.05) is 19.1 Å². The zero-order chi connectivity index (χ0) is 36.6. The molecule has 2 amide bonds. The number of amides is 2. The van der Waals surface area contributed by atoms with E-state index >= 15 is 0 Å². The fourth-order valence-corrected chi connectivity index (χ4v) is 8.37. The molecular formula is C37H36N6O9. The predicted molar refractivity (Wildman–Crippen MR) is 186 cm³/mol. The molecular weight excluding hydrogens is 672 g/mol. The number of methoxy groups -OCH3 is 2. The van der Waals surface area contributed by atoms with Gasteiger partial charge in [-0.25, -0.2) is 33.4 Å². The topological polar surface area (TPSA) is 173 Å². The summed E-state index contributed by atoms with van der Waals surface area (Å²) in [6, 6.07) is 14.5. The molecule has 0 radical (unpaired) electrons. The molecule has 2 fully saturated rings. The van der Waals surface area contributed by atoms with Gasteiger partial charge in [-0.15, -0.1) is 0 Å². The predicted octanol–water partition coefficient (Wildman–Crippen LogP) is 2.27. The van der Waals surface area contributed by atoms with Crippen LogP contribution in [0.25, 0.3) is 11.0 Å². The summed E-state index contributed by atoms with van der Waals surface area (Å²) in [6.07, 6.45) is 1.90. The summed E-state index contributed by atoms with van der Waals surface area (Å²) in [5.41, 5.74) is -0.603. The fraction of sp³-hybridized carbons (Fsp3) is 0.351. The lowest BCUT2D eigenvalue weighted by Crippen LogP contribution is -2.49. The zero-order valence-electron chi connectivity index (χ0n) is 28.9. The van der Waals surface area contributed by atoms with Crippen molar-refractivity contribution >= 4 is 28.5 Å². The average molecular weight is 709 g/mol. The van der Waals surface area contributed by atoms with Crippen molar-refractivity contribution in [3.05, 3.63) is 115 Å². The van der Waals surface area contributed by atoms with Crippen LogP contribution in [0.5, 0.6) is 11.5 Å². The van der Waals surface area contributed by atoms with Crippen LogP contribution in [0.4, 0.5) is 5.69 Å². The number of aromatic nitrogens is 5. The molecule has 1 saturated carbocycles. The molecule has 5 aromatic rings. The second kappa shape index (κ2) is 12.1. The van der Waals surface area contributed by atoms with Gasteiger partial charge < -0.3 is 23.6 Å². The summed E-state index contributed by atoms with van der Waals surface area (Å²) in [7, 11) is 4.60. The number of imide groups is 1. The second-order valence-electron chi connectivity index (χ2n) is 13.5. The molecule has 4 atom stereocenters. The first-order chi connectivity index (χ1) is 25.0. The van der Waals surface area contributed by atoms with E-state index in [0.29, 0.717) is 39.6 Å². The van der Waals surface area contributed by atoms with E-state index in [1.807, 2.05) is 6.08 Å². The van der Waals surface area contributed by atoms with Crippen LogP contribution >= 0.6 is 0 Å². The van der Waals surface area contributed by atoms with Gasteiger partial charge in [0.05, 0.1) is 60.8 Å². The number of carbonyl (C=O) groups excluding carboxylic acids is 2. The number of ether oxygens (including phenoxy) is 2. The number of furan rings is 1. The maximum absolute atomic E-state index is 14.4. The lowest BCUT2D eigenvalue weighted by Gasteiger charge is -2.46. The van der Waals surface area contributed by atoms with E-state index in [1.54, 1.807) is 68.6 Å². The molecule has 4 unspecified atom stereocenters. The Morgan fingerprint density at radius 1 is 0.981 bits per heavy atom. The van der Waals surface area contributed by atoms with Crippen molar-refractivity contribution in [3.8, 4) is 11.5 Å². The first-order valence-electron chi connectivity index (χ1n) is 16.9. The Labute approximate surface area is 295 Å². The van der Waals surface area contributed by atoms with Gasteiger partial charge in [0, 0.05) is 32.1 Å². The van der Waals surface area contributed by atoms with Crippen molar-refractivity contribution in [3.63, 3.8) is 0 Å². The number of hydrogen-bond donors (Lipinski definition) is 1. The number of para-hydroxylation sites is 1. The summed E-state index contributed by atoms with van der Waals surface area (Å²) in [5, 5.41) is 9.82. The number of rotatable bonds is 8. The number of aliphatic hydroxyl groups excluding tert-OH is 1. The first-order valence-corrected chi connectivity index (χ1v) is 16.9. The highest BCUT2D eigenvalue weighted by molar-refractivity contribution is 6.24. The molecule has 2 aliphatic heterocycles. The number of carbonyl (C=O) groups is 2. The van der Waals surface area contributed by atoms with Crippen LogP contribution in [0.1, 0.15) is 42.5 Å². The molecule has 15 nitrogen and oxygen atoms in total. The van der Waals surface area contributed by atoms with Gasteiger partial charge in [-0.3, -0.25) is 14.4 Å². The average Bonchev–Trinajstić information content (AvgIpc) is 3.78. The van der Waals surface area contributed by atoms with Gasteiger partial charge in [0.2, 0.25) is 11.8 Å². The Balaban J connectivity index is 1.19. The van der Waals surface area contributed by atoms with Crippen molar-refractivity contribution in [2.45, 2.75) is 51.4 Å². The molecule has 3 aliphatic rings. The molecule has 0 spiro atoms. The number of nitrogens with zero attached hydrogens (tertiary/aromatic N) is 6. The molecule has 5 heterocycles. The minimum atomic E-state index is -1.29. The molecule has 15 heteroatoms. The fourth-order valence-electron chi connectivity index (χ4n) is 8.37. The third kappa shape index (κ3) is 4.61. The standard InChI is InChI=1S/C37H36N6O9/c1-37-23(32(45)42(34(37)47)20-8-6-5-7-9-20)16-26-22(31(37)28-11-10-21(19-44)52-28)12-15-41-35(48)40(36(49)43(26)41)14-13-24-33(46)39(2)27-18-30(51-4)29(50-3)17-25(27)38-24/h5-12,17-18,23,26,31,44H,13-16,19H2,1-4H3. The zero-order valence-corrected chi connectivity index (χ0v) is 28.9. The molecule has 8 rings (SSSR count). The van der Waals surface area contributed by atoms with Gasteiger partial charge in [-0.05, 0) is 43.2 Å². The molecule has 268 valence electrons. The molecule has 3 aromatic heterocycles. The third-order valence-electron chi connectivity index (χ3n) is 11.0. The highest BCUT2D eigenvalue weighted by Crippen LogP contribution is 2.61. The van der Waals surface area contributed by atoms with E-state index in [4.69, 9.17) is 13.9 Å². The van der Waals surface area contributed by atoms with E-state index in [-0.39, 0.29) is 49.6 Å². The minimum absolute atomic E-state index is 0.0141. The molecule has 1 aliphatic carbocycles. The van der Waals surface area contributed by atoms with Gasteiger partial charge >= 0.3 is 11.4 Å². The van der Waals surface area contributed by atoms with E-state index in [0.717, 1.165) is 4.57 Å². The highest BCUT2D eigenvalue weighted by Gasteiger charge is 2.66. The highest BCUT2D eigenvalue weighted by atomic mass is 16.5. The van der Waals surface area contributed by atoms with Crippen LogP contribution < -0.4 is 31.3 Å². The normalized spacial score (nSPS) is 22.3. The minimum Gasteiger partial charge on any atom is -0.493 e.